The van der Waals surface area contributed by atoms with Crippen LogP contribution in [0.5, 0.6) is 5.75 Å². The Morgan fingerprint density at radius 3 is 2.48 bits per heavy atom. The molecule has 0 bridgehead atoms. The molecule has 0 spiro atoms. The van der Waals surface area contributed by atoms with Gasteiger partial charge in [0.1, 0.15) is 17.4 Å². The van der Waals surface area contributed by atoms with E-state index in [4.69, 9.17) is 4.74 Å². The molecular formula is C17H19F2NO. The van der Waals surface area contributed by atoms with E-state index in [-0.39, 0.29) is 17.7 Å². The highest BCUT2D eigenvalue weighted by atomic mass is 19.1. The molecule has 0 amide bonds. The smallest absolute Gasteiger partial charge is 0.145 e. The van der Waals surface area contributed by atoms with Crippen LogP contribution in [0.15, 0.2) is 42.5 Å². The van der Waals surface area contributed by atoms with Gasteiger partial charge in [-0.05, 0) is 43.2 Å². The molecule has 112 valence electrons. The first-order chi connectivity index (χ1) is 10.1. The lowest BCUT2D eigenvalue weighted by Gasteiger charge is -2.21. The fourth-order valence-corrected chi connectivity index (χ4v) is 2.22. The van der Waals surface area contributed by atoms with Gasteiger partial charge in [0.05, 0.1) is 18.3 Å². The Hall–Kier alpha value is -2.10. The van der Waals surface area contributed by atoms with E-state index in [0.717, 1.165) is 12.0 Å². The van der Waals surface area contributed by atoms with E-state index in [0.29, 0.717) is 18.0 Å². The minimum Gasteiger partial charge on any atom is -0.492 e. The number of rotatable bonds is 6. The summed E-state index contributed by atoms with van der Waals surface area (Å²) in [6.07, 6.45) is 0.770. The Labute approximate surface area is 123 Å². The van der Waals surface area contributed by atoms with E-state index in [2.05, 4.69) is 5.32 Å². The van der Waals surface area contributed by atoms with Crippen LogP contribution >= 0.6 is 0 Å². The number of ether oxygens (including phenoxy) is 1. The highest BCUT2D eigenvalue weighted by Crippen LogP contribution is 2.30. The van der Waals surface area contributed by atoms with Gasteiger partial charge < -0.3 is 10.1 Å². The van der Waals surface area contributed by atoms with Crippen LogP contribution in [0.2, 0.25) is 0 Å². The van der Waals surface area contributed by atoms with Gasteiger partial charge in [0.25, 0.3) is 0 Å². The van der Waals surface area contributed by atoms with Crippen LogP contribution in [0.1, 0.15) is 31.9 Å². The largest absolute Gasteiger partial charge is 0.492 e. The number of hydrogen-bond donors (Lipinski definition) is 1. The topological polar surface area (TPSA) is 21.3 Å². The van der Waals surface area contributed by atoms with Crippen LogP contribution in [0, 0.1) is 11.6 Å². The summed E-state index contributed by atoms with van der Waals surface area (Å²) in [6, 6.07) is 10.8. The maximum atomic E-state index is 13.4. The van der Waals surface area contributed by atoms with E-state index in [1.54, 1.807) is 12.1 Å². The van der Waals surface area contributed by atoms with Crippen molar-refractivity contribution < 1.29 is 13.5 Å². The van der Waals surface area contributed by atoms with Gasteiger partial charge in [-0.25, -0.2) is 8.78 Å². The fraction of sp³-hybridized carbons (Fsp3) is 0.294. The number of anilines is 1. The Morgan fingerprint density at radius 1 is 1.05 bits per heavy atom. The van der Waals surface area contributed by atoms with Crippen LogP contribution in [-0.2, 0) is 0 Å². The van der Waals surface area contributed by atoms with Crippen LogP contribution < -0.4 is 10.1 Å². The first-order valence-electron chi connectivity index (χ1n) is 7.08. The molecule has 0 fully saturated rings. The zero-order valence-electron chi connectivity index (χ0n) is 12.2. The van der Waals surface area contributed by atoms with Gasteiger partial charge in [0.2, 0.25) is 0 Å². The van der Waals surface area contributed by atoms with Crippen LogP contribution in [0.3, 0.4) is 0 Å². The molecule has 21 heavy (non-hydrogen) atoms. The molecule has 0 aliphatic heterocycles. The Kier molecular flexibility index (Phi) is 5.14. The Balaban J connectivity index is 2.26. The molecule has 0 aliphatic rings. The normalized spacial score (nSPS) is 12.0. The summed E-state index contributed by atoms with van der Waals surface area (Å²) in [5.41, 5.74) is 1.55. The molecule has 0 saturated heterocycles. The van der Waals surface area contributed by atoms with Gasteiger partial charge in [-0.2, -0.15) is 0 Å². The molecule has 0 aromatic heterocycles. The molecule has 0 aliphatic carbocycles. The number of halogens is 2. The second-order valence-corrected chi connectivity index (χ2v) is 4.73. The zero-order valence-corrected chi connectivity index (χ0v) is 12.2. The highest BCUT2D eigenvalue weighted by molar-refractivity contribution is 5.57. The van der Waals surface area contributed by atoms with Crippen molar-refractivity contribution in [3.63, 3.8) is 0 Å². The lowest BCUT2D eigenvalue weighted by Crippen LogP contribution is -2.11. The second kappa shape index (κ2) is 7.07. The third-order valence-corrected chi connectivity index (χ3v) is 3.23. The molecular weight excluding hydrogens is 272 g/mol. The SMILES string of the molecule is CCOc1cc(F)ccc1NC(CC)c1cccc(F)c1. The molecule has 0 radical (unpaired) electrons. The summed E-state index contributed by atoms with van der Waals surface area (Å²) in [7, 11) is 0. The van der Waals surface area contributed by atoms with Crippen molar-refractivity contribution >= 4 is 5.69 Å². The molecule has 2 rings (SSSR count). The van der Waals surface area contributed by atoms with Gasteiger partial charge in [-0.1, -0.05) is 19.1 Å². The molecule has 0 heterocycles. The predicted octanol–water partition coefficient (Wildman–Crippen LogP) is 4.93. The van der Waals surface area contributed by atoms with E-state index >= 15 is 0 Å². The third-order valence-electron chi connectivity index (χ3n) is 3.23. The molecule has 2 aromatic carbocycles. The standard InChI is InChI=1S/C17H19F2NO/c1-3-15(12-6-5-7-13(18)10-12)20-16-9-8-14(19)11-17(16)21-4-2/h5-11,15,20H,3-4H2,1-2H3. The Morgan fingerprint density at radius 2 is 1.81 bits per heavy atom. The zero-order chi connectivity index (χ0) is 15.2. The van der Waals surface area contributed by atoms with Crippen LogP contribution in [0.4, 0.5) is 14.5 Å². The first-order valence-corrected chi connectivity index (χ1v) is 7.08. The van der Waals surface area contributed by atoms with Gasteiger partial charge in [-0.3, -0.25) is 0 Å². The Bertz CT molecular complexity index is 601. The van der Waals surface area contributed by atoms with Crippen molar-refractivity contribution in [2.45, 2.75) is 26.3 Å². The van der Waals surface area contributed by atoms with E-state index < -0.39 is 0 Å². The average molecular weight is 291 g/mol. The average Bonchev–Trinajstić information content (AvgIpc) is 2.47. The van der Waals surface area contributed by atoms with Gasteiger partial charge >= 0.3 is 0 Å². The molecule has 1 atom stereocenters. The van der Waals surface area contributed by atoms with Crippen LogP contribution in [0.25, 0.3) is 0 Å². The second-order valence-electron chi connectivity index (χ2n) is 4.73. The summed E-state index contributed by atoms with van der Waals surface area (Å²) in [5.74, 6) is -0.146. The van der Waals surface area contributed by atoms with Crippen molar-refractivity contribution in [3.8, 4) is 5.75 Å². The summed E-state index contributed by atoms with van der Waals surface area (Å²) >= 11 is 0. The monoisotopic (exact) mass is 291 g/mol. The van der Waals surface area contributed by atoms with E-state index in [9.17, 15) is 8.78 Å². The first kappa shape index (κ1) is 15.3. The minimum absolute atomic E-state index is 0.0645. The van der Waals surface area contributed by atoms with Gasteiger partial charge in [-0.15, -0.1) is 0 Å². The maximum Gasteiger partial charge on any atom is 0.145 e. The minimum atomic E-state index is -0.345. The van der Waals surface area contributed by atoms with Crippen molar-refractivity contribution in [2.24, 2.45) is 0 Å². The molecule has 2 aromatic rings. The summed E-state index contributed by atoms with van der Waals surface area (Å²) in [6.45, 7) is 4.31. The summed E-state index contributed by atoms with van der Waals surface area (Å²) < 4.78 is 32.1. The summed E-state index contributed by atoms with van der Waals surface area (Å²) in [4.78, 5) is 0. The van der Waals surface area contributed by atoms with Gasteiger partial charge in [0, 0.05) is 6.07 Å². The molecule has 2 nitrogen and oxygen atoms in total. The highest BCUT2D eigenvalue weighted by Gasteiger charge is 2.13. The lowest BCUT2D eigenvalue weighted by atomic mass is 10.0. The van der Waals surface area contributed by atoms with Crippen molar-refractivity contribution in [3.05, 3.63) is 59.7 Å². The van der Waals surface area contributed by atoms with Crippen molar-refractivity contribution in [1.82, 2.24) is 0 Å². The molecule has 1 N–H and O–H groups in total. The number of benzene rings is 2. The number of nitrogens with one attached hydrogen (secondary N) is 1. The van der Waals surface area contributed by atoms with E-state index in [1.165, 1.54) is 24.3 Å². The molecule has 0 saturated carbocycles. The summed E-state index contributed by atoms with van der Waals surface area (Å²) in [5, 5.41) is 3.29. The van der Waals surface area contributed by atoms with Crippen molar-refractivity contribution in [2.75, 3.05) is 11.9 Å². The molecule has 4 heteroatoms. The fourth-order valence-electron chi connectivity index (χ4n) is 2.22. The van der Waals surface area contributed by atoms with Gasteiger partial charge in [0.15, 0.2) is 0 Å². The molecule has 1 unspecified atom stereocenters. The van der Waals surface area contributed by atoms with Crippen molar-refractivity contribution in [1.29, 1.82) is 0 Å². The predicted molar refractivity (Wildman–Crippen MR) is 80.6 cm³/mol. The lowest BCUT2D eigenvalue weighted by molar-refractivity contribution is 0.339. The van der Waals surface area contributed by atoms with E-state index in [1.807, 2.05) is 19.9 Å². The number of hydrogen-bond acceptors (Lipinski definition) is 2. The quantitative estimate of drug-likeness (QED) is 0.815. The third kappa shape index (κ3) is 3.94. The van der Waals surface area contributed by atoms with Crippen LogP contribution in [-0.4, -0.2) is 6.61 Å². The maximum absolute atomic E-state index is 13.4.